The number of nitrogens with zero attached hydrogens (tertiary/aromatic N) is 1. The van der Waals surface area contributed by atoms with Gasteiger partial charge in [-0.05, 0) is 43.5 Å². The highest BCUT2D eigenvalue weighted by Gasteiger charge is 2.25. The van der Waals surface area contributed by atoms with Crippen molar-refractivity contribution in [1.82, 2.24) is 4.90 Å². The summed E-state index contributed by atoms with van der Waals surface area (Å²) in [5.41, 5.74) is 1.19. The molecule has 1 aromatic rings. The monoisotopic (exact) mass is 279 g/mol. The Morgan fingerprint density at radius 1 is 1.32 bits per heavy atom. The van der Waals surface area contributed by atoms with Crippen molar-refractivity contribution in [2.24, 2.45) is 5.41 Å². The van der Waals surface area contributed by atoms with Crippen molar-refractivity contribution < 1.29 is 4.79 Å². The zero-order valence-corrected chi connectivity index (χ0v) is 12.5. The number of likely N-dealkylation sites (tertiary alicyclic amines) is 1. The van der Waals surface area contributed by atoms with E-state index in [9.17, 15) is 4.79 Å². The van der Waals surface area contributed by atoms with Crippen LogP contribution in [-0.2, 0) is 0 Å². The fraction of sp³-hybridized carbons (Fsp3) is 0.562. The van der Waals surface area contributed by atoms with Gasteiger partial charge >= 0.3 is 0 Å². The maximum Gasteiger partial charge on any atom is 0.164 e. The fourth-order valence-corrected chi connectivity index (χ4v) is 2.64. The van der Waals surface area contributed by atoms with E-state index in [2.05, 4.69) is 18.7 Å². The van der Waals surface area contributed by atoms with Gasteiger partial charge in [0, 0.05) is 23.6 Å². The number of piperidine rings is 1. The number of benzene rings is 1. The summed E-state index contributed by atoms with van der Waals surface area (Å²) in [4.78, 5) is 14.5. The molecular formula is C16H22ClNO. The Kier molecular flexibility index (Phi) is 4.64. The second kappa shape index (κ2) is 6.06. The molecule has 1 fully saturated rings. The smallest absolute Gasteiger partial charge is 0.164 e. The molecule has 1 aromatic carbocycles. The van der Waals surface area contributed by atoms with Crippen molar-refractivity contribution >= 4 is 17.4 Å². The summed E-state index contributed by atoms with van der Waals surface area (Å²) >= 11 is 5.91. The summed E-state index contributed by atoms with van der Waals surface area (Å²) < 4.78 is 0. The number of hydrogen-bond donors (Lipinski definition) is 0. The molecule has 0 amide bonds. The predicted octanol–water partition coefficient (Wildman–Crippen LogP) is 4.03. The van der Waals surface area contributed by atoms with Gasteiger partial charge in [-0.15, -0.1) is 0 Å². The molecule has 2 nitrogen and oxygen atoms in total. The molecule has 0 radical (unpaired) electrons. The first kappa shape index (κ1) is 14.5. The van der Waals surface area contributed by atoms with Crippen LogP contribution in [-0.4, -0.2) is 30.3 Å². The molecule has 1 aliphatic rings. The molecule has 0 N–H and O–H groups in total. The third kappa shape index (κ3) is 4.32. The van der Waals surface area contributed by atoms with E-state index < -0.39 is 0 Å². The zero-order valence-electron chi connectivity index (χ0n) is 11.8. The maximum atomic E-state index is 12.1. The van der Waals surface area contributed by atoms with Crippen molar-refractivity contribution in [1.29, 1.82) is 0 Å². The minimum absolute atomic E-state index is 0.187. The molecule has 1 aliphatic heterocycles. The van der Waals surface area contributed by atoms with Crippen LogP contribution < -0.4 is 0 Å². The lowest BCUT2D eigenvalue weighted by atomic mass is 9.82. The molecule has 0 aliphatic carbocycles. The number of halogens is 1. The predicted molar refractivity (Wildman–Crippen MR) is 79.9 cm³/mol. The molecule has 0 unspecified atom stereocenters. The third-order valence-corrected chi connectivity index (χ3v) is 4.25. The first-order valence-corrected chi connectivity index (χ1v) is 7.35. The van der Waals surface area contributed by atoms with Crippen LogP contribution in [0.1, 0.15) is 43.5 Å². The van der Waals surface area contributed by atoms with E-state index in [4.69, 9.17) is 11.6 Å². The first-order chi connectivity index (χ1) is 8.96. The van der Waals surface area contributed by atoms with Crippen LogP contribution in [0, 0.1) is 5.41 Å². The van der Waals surface area contributed by atoms with Gasteiger partial charge in [0.2, 0.25) is 0 Å². The van der Waals surface area contributed by atoms with Crippen LogP contribution in [0.3, 0.4) is 0 Å². The summed E-state index contributed by atoms with van der Waals surface area (Å²) in [6, 6.07) is 7.22. The molecule has 0 saturated carbocycles. The van der Waals surface area contributed by atoms with E-state index in [1.165, 1.54) is 12.8 Å². The summed E-state index contributed by atoms with van der Waals surface area (Å²) in [5.74, 6) is 0.187. The largest absolute Gasteiger partial charge is 0.303 e. The highest BCUT2D eigenvalue weighted by atomic mass is 35.5. The van der Waals surface area contributed by atoms with Crippen molar-refractivity contribution in [2.75, 3.05) is 19.6 Å². The van der Waals surface area contributed by atoms with Gasteiger partial charge in [0.1, 0.15) is 0 Å². The van der Waals surface area contributed by atoms with E-state index in [1.807, 2.05) is 12.1 Å². The Hall–Kier alpha value is -0.860. The number of rotatable bonds is 4. The lowest BCUT2D eigenvalue weighted by Gasteiger charge is -2.36. The molecule has 104 valence electrons. The van der Waals surface area contributed by atoms with Gasteiger partial charge in [0.25, 0.3) is 0 Å². The van der Waals surface area contributed by atoms with E-state index >= 15 is 0 Å². The summed E-state index contributed by atoms with van der Waals surface area (Å²) in [6.07, 6.45) is 3.03. The second-order valence-electron chi connectivity index (χ2n) is 6.19. The summed E-state index contributed by atoms with van der Waals surface area (Å²) in [7, 11) is 0. The van der Waals surface area contributed by atoms with Crippen LogP contribution in [0.25, 0.3) is 0 Å². The van der Waals surface area contributed by atoms with Crippen LogP contribution >= 0.6 is 11.6 Å². The lowest BCUT2D eigenvalue weighted by Crippen LogP contribution is -2.38. The van der Waals surface area contributed by atoms with Crippen LogP contribution in [0.5, 0.6) is 0 Å². The summed E-state index contributed by atoms with van der Waals surface area (Å²) in [6.45, 7) is 7.72. The van der Waals surface area contributed by atoms with Gasteiger partial charge in [-0.3, -0.25) is 4.79 Å². The van der Waals surface area contributed by atoms with Gasteiger partial charge in [-0.1, -0.05) is 37.6 Å². The van der Waals surface area contributed by atoms with E-state index in [0.717, 1.165) is 25.2 Å². The topological polar surface area (TPSA) is 20.3 Å². The zero-order chi connectivity index (χ0) is 13.9. The van der Waals surface area contributed by atoms with Crippen LogP contribution in [0.2, 0.25) is 5.02 Å². The highest BCUT2D eigenvalue weighted by Crippen LogP contribution is 2.29. The van der Waals surface area contributed by atoms with Gasteiger partial charge in [0.05, 0.1) is 0 Å². The molecule has 1 saturated heterocycles. The Morgan fingerprint density at radius 3 is 2.63 bits per heavy atom. The average Bonchev–Trinajstić information content (AvgIpc) is 2.37. The minimum atomic E-state index is 0.187. The molecule has 1 heterocycles. The van der Waals surface area contributed by atoms with Crippen molar-refractivity contribution in [3.63, 3.8) is 0 Å². The van der Waals surface area contributed by atoms with Gasteiger partial charge in [-0.2, -0.15) is 0 Å². The SMILES string of the molecule is CC1(C)CCN(CCC(=O)c2cccc(Cl)c2)CC1. The Bertz CT molecular complexity index is 446. The Balaban J connectivity index is 1.81. The van der Waals surface area contributed by atoms with Gasteiger partial charge in [-0.25, -0.2) is 0 Å². The van der Waals surface area contributed by atoms with E-state index in [1.54, 1.807) is 12.1 Å². The number of carbonyl (C=O) groups excluding carboxylic acids is 1. The Labute approximate surface area is 120 Å². The third-order valence-electron chi connectivity index (χ3n) is 4.01. The standard InChI is InChI=1S/C16H22ClNO/c1-16(2)7-10-18(11-8-16)9-6-15(19)13-4-3-5-14(17)12-13/h3-5,12H,6-11H2,1-2H3. The first-order valence-electron chi connectivity index (χ1n) is 6.97. The second-order valence-corrected chi connectivity index (χ2v) is 6.63. The molecular weight excluding hydrogens is 258 g/mol. The molecule has 0 aromatic heterocycles. The Morgan fingerprint density at radius 2 is 2.00 bits per heavy atom. The van der Waals surface area contributed by atoms with Crippen LogP contribution in [0.4, 0.5) is 0 Å². The number of carbonyl (C=O) groups is 1. The van der Waals surface area contributed by atoms with Crippen molar-refractivity contribution in [3.8, 4) is 0 Å². The quantitative estimate of drug-likeness (QED) is 0.776. The van der Waals surface area contributed by atoms with Gasteiger partial charge < -0.3 is 4.90 Å². The molecule has 3 heteroatoms. The van der Waals surface area contributed by atoms with Crippen molar-refractivity contribution in [2.45, 2.75) is 33.1 Å². The normalized spacial score (nSPS) is 19.3. The summed E-state index contributed by atoms with van der Waals surface area (Å²) in [5, 5.41) is 0.630. The molecule has 0 bridgehead atoms. The maximum absolute atomic E-state index is 12.1. The fourth-order valence-electron chi connectivity index (χ4n) is 2.45. The van der Waals surface area contributed by atoms with E-state index in [0.29, 0.717) is 16.9 Å². The van der Waals surface area contributed by atoms with E-state index in [-0.39, 0.29) is 5.78 Å². The van der Waals surface area contributed by atoms with Crippen LogP contribution in [0.15, 0.2) is 24.3 Å². The number of Topliss-reactive ketones (excluding diaryl/α,β-unsaturated/α-hetero) is 1. The average molecular weight is 280 g/mol. The molecule has 2 rings (SSSR count). The molecule has 0 atom stereocenters. The molecule has 0 spiro atoms. The van der Waals surface area contributed by atoms with Gasteiger partial charge in [0.15, 0.2) is 5.78 Å². The number of ketones is 1. The highest BCUT2D eigenvalue weighted by molar-refractivity contribution is 6.31. The molecule has 19 heavy (non-hydrogen) atoms. The number of hydrogen-bond acceptors (Lipinski definition) is 2. The lowest BCUT2D eigenvalue weighted by molar-refractivity contribution is 0.0927. The van der Waals surface area contributed by atoms with Crippen molar-refractivity contribution in [3.05, 3.63) is 34.9 Å². The minimum Gasteiger partial charge on any atom is -0.303 e.